The minimum atomic E-state index is 0.963. The highest BCUT2D eigenvalue weighted by molar-refractivity contribution is 4.48. The maximum absolute atomic E-state index is 2.34. The zero-order valence-electron chi connectivity index (χ0n) is 12.6. The van der Waals surface area contributed by atoms with Gasteiger partial charge in [-0.15, -0.1) is 0 Å². The molecule has 16 heavy (non-hydrogen) atoms. The van der Waals surface area contributed by atoms with E-state index >= 15 is 0 Å². The summed E-state index contributed by atoms with van der Waals surface area (Å²) in [5.74, 6) is 0.963. The van der Waals surface area contributed by atoms with Gasteiger partial charge >= 0.3 is 0 Å². The summed E-state index contributed by atoms with van der Waals surface area (Å²) >= 11 is 0. The van der Waals surface area contributed by atoms with E-state index in [1.165, 1.54) is 64.2 Å². The molecule has 0 aromatic rings. The van der Waals surface area contributed by atoms with E-state index < -0.39 is 0 Å². The summed E-state index contributed by atoms with van der Waals surface area (Å²) in [6, 6.07) is 0. The van der Waals surface area contributed by atoms with Crippen LogP contribution in [0.3, 0.4) is 0 Å². The molecule has 0 saturated heterocycles. The van der Waals surface area contributed by atoms with E-state index in [0.717, 1.165) is 5.92 Å². The number of unbranched alkanes of at least 4 members (excludes halogenated alkanes) is 5. The molecule has 0 aromatic carbocycles. The summed E-state index contributed by atoms with van der Waals surface area (Å²) in [5.41, 5.74) is 0. The highest BCUT2D eigenvalue weighted by atomic mass is 14.0. The van der Waals surface area contributed by atoms with Crippen molar-refractivity contribution >= 4 is 0 Å². The van der Waals surface area contributed by atoms with Crippen LogP contribution in [0.5, 0.6) is 0 Å². The zero-order valence-corrected chi connectivity index (χ0v) is 12.6. The van der Waals surface area contributed by atoms with E-state index in [4.69, 9.17) is 0 Å². The van der Waals surface area contributed by atoms with E-state index in [0.29, 0.717) is 0 Å². The highest BCUT2D eigenvalue weighted by Crippen LogP contribution is 2.10. The van der Waals surface area contributed by atoms with Gasteiger partial charge in [0.25, 0.3) is 0 Å². The molecule has 0 fully saturated rings. The van der Waals surface area contributed by atoms with Crippen LogP contribution in [0, 0.1) is 5.92 Å². The fourth-order valence-corrected chi connectivity index (χ4v) is 1.98. The van der Waals surface area contributed by atoms with Gasteiger partial charge in [-0.25, -0.2) is 0 Å². The SMILES string of the molecule is CCCC(C)CCC.CCCCCCCC. The Labute approximate surface area is 105 Å². The molecule has 0 spiro atoms. The fourth-order valence-electron chi connectivity index (χ4n) is 1.98. The molecule has 100 valence electrons. The van der Waals surface area contributed by atoms with Crippen LogP contribution in [-0.2, 0) is 0 Å². The lowest BCUT2D eigenvalue weighted by Crippen LogP contribution is -1.91. The monoisotopic (exact) mass is 228 g/mol. The molecular formula is C16H36. The van der Waals surface area contributed by atoms with Gasteiger partial charge < -0.3 is 0 Å². The predicted octanol–water partition coefficient (Wildman–Crippen LogP) is 6.59. The van der Waals surface area contributed by atoms with Crippen molar-refractivity contribution in [3.63, 3.8) is 0 Å². The minimum Gasteiger partial charge on any atom is -0.0654 e. The molecule has 0 N–H and O–H groups in total. The first-order chi connectivity index (χ1) is 7.72. The standard InChI is InChI=1S/2C8H18/c1-4-6-8(3)7-5-2;1-3-5-7-8-6-4-2/h8H,4-7H2,1-3H3;3-8H2,1-2H3. The van der Waals surface area contributed by atoms with Crippen LogP contribution >= 0.6 is 0 Å². The Morgan fingerprint density at radius 3 is 1.19 bits per heavy atom. The minimum absolute atomic E-state index is 0.963. The summed E-state index contributed by atoms with van der Waals surface area (Å²) in [6.07, 6.45) is 14.0. The van der Waals surface area contributed by atoms with Crippen LogP contribution in [0.2, 0.25) is 0 Å². The largest absolute Gasteiger partial charge is 0.0654 e. The molecule has 0 heteroatoms. The Morgan fingerprint density at radius 2 is 0.938 bits per heavy atom. The summed E-state index contributed by atoms with van der Waals surface area (Å²) in [6.45, 7) is 11.4. The van der Waals surface area contributed by atoms with Gasteiger partial charge in [-0.2, -0.15) is 0 Å². The molecule has 0 amide bonds. The van der Waals surface area contributed by atoms with Gasteiger partial charge in [0, 0.05) is 0 Å². The average Bonchev–Trinajstić information content (AvgIpc) is 2.26. The Balaban J connectivity index is 0. The maximum Gasteiger partial charge on any atom is -0.0443 e. The van der Waals surface area contributed by atoms with Crippen LogP contribution in [0.4, 0.5) is 0 Å². The van der Waals surface area contributed by atoms with Crippen molar-refractivity contribution in [1.82, 2.24) is 0 Å². The zero-order chi connectivity index (χ0) is 12.6. The molecule has 0 aromatic heterocycles. The lowest BCUT2D eigenvalue weighted by Gasteiger charge is -2.05. The lowest BCUT2D eigenvalue weighted by atomic mass is 10.0. The Morgan fingerprint density at radius 1 is 0.562 bits per heavy atom. The first kappa shape index (κ1) is 18.4. The van der Waals surface area contributed by atoms with Crippen molar-refractivity contribution in [2.75, 3.05) is 0 Å². The molecule has 0 unspecified atom stereocenters. The van der Waals surface area contributed by atoms with E-state index in [-0.39, 0.29) is 0 Å². The Kier molecular flexibility index (Phi) is 20.0. The third kappa shape index (κ3) is 19.6. The second kappa shape index (κ2) is 17.4. The van der Waals surface area contributed by atoms with Gasteiger partial charge in [-0.1, -0.05) is 98.8 Å². The van der Waals surface area contributed by atoms with Gasteiger partial charge in [-0.05, 0) is 5.92 Å². The normalized spacial score (nSPS) is 10.1. The lowest BCUT2D eigenvalue weighted by molar-refractivity contribution is 0.480. The van der Waals surface area contributed by atoms with Gasteiger partial charge in [0.1, 0.15) is 0 Å². The molecule has 0 aliphatic rings. The van der Waals surface area contributed by atoms with Crippen LogP contribution in [0.25, 0.3) is 0 Å². The summed E-state index contributed by atoms with van der Waals surface area (Å²) in [5, 5.41) is 0. The first-order valence-corrected chi connectivity index (χ1v) is 7.72. The van der Waals surface area contributed by atoms with Crippen molar-refractivity contribution in [3.8, 4) is 0 Å². The van der Waals surface area contributed by atoms with Crippen molar-refractivity contribution in [1.29, 1.82) is 0 Å². The smallest absolute Gasteiger partial charge is 0.0443 e. The summed E-state index contributed by atoms with van der Waals surface area (Å²) in [7, 11) is 0. The second-order valence-electron chi connectivity index (χ2n) is 5.10. The number of hydrogen-bond donors (Lipinski definition) is 0. The molecular weight excluding hydrogens is 192 g/mol. The van der Waals surface area contributed by atoms with Gasteiger partial charge in [0.2, 0.25) is 0 Å². The summed E-state index contributed by atoms with van der Waals surface area (Å²) < 4.78 is 0. The second-order valence-corrected chi connectivity index (χ2v) is 5.10. The molecule has 0 atom stereocenters. The fraction of sp³-hybridized carbons (Fsp3) is 1.00. The van der Waals surface area contributed by atoms with Crippen LogP contribution in [-0.4, -0.2) is 0 Å². The molecule has 0 radical (unpaired) electrons. The topological polar surface area (TPSA) is 0 Å². The van der Waals surface area contributed by atoms with Crippen molar-refractivity contribution in [2.24, 2.45) is 5.92 Å². The molecule has 0 aliphatic carbocycles. The third-order valence-corrected chi connectivity index (χ3v) is 3.02. The average molecular weight is 228 g/mol. The predicted molar refractivity (Wildman–Crippen MR) is 78.0 cm³/mol. The molecule has 0 bridgehead atoms. The van der Waals surface area contributed by atoms with E-state index in [1.54, 1.807) is 0 Å². The highest BCUT2D eigenvalue weighted by Gasteiger charge is 1.95. The van der Waals surface area contributed by atoms with E-state index in [1.807, 2.05) is 0 Å². The number of rotatable bonds is 9. The maximum atomic E-state index is 2.34. The van der Waals surface area contributed by atoms with Gasteiger partial charge in [0.15, 0.2) is 0 Å². The van der Waals surface area contributed by atoms with Crippen molar-refractivity contribution < 1.29 is 0 Å². The van der Waals surface area contributed by atoms with Gasteiger partial charge in [-0.3, -0.25) is 0 Å². The van der Waals surface area contributed by atoms with Crippen LogP contribution in [0.15, 0.2) is 0 Å². The van der Waals surface area contributed by atoms with Crippen molar-refractivity contribution in [2.45, 2.75) is 98.8 Å². The summed E-state index contributed by atoms with van der Waals surface area (Å²) in [4.78, 5) is 0. The van der Waals surface area contributed by atoms with E-state index in [2.05, 4.69) is 34.6 Å². The molecule has 0 rings (SSSR count). The Bertz CT molecular complexity index is 84.2. The van der Waals surface area contributed by atoms with Crippen LogP contribution < -0.4 is 0 Å². The van der Waals surface area contributed by atoms with Gasteiger partial charge in [0.05, 0.1) is 0 Å². The molecule has 0 heterocycles. The van der Waals surface area contributed by atoms with Crippen LogP contribution in [0.1, 0.15) is 98.8 Å². The van der Waals surface area contributed by atoms with Crippen molar-refractivity contribution in [3.05, 3.63) is 0 Å². The Hall–Kier alpha value is 0. The molecule has 0 aliphatic heterocycles. The van der Waals surface area contributed by atoms with E-state index in [9.17, 15) is 0 Å². The molecule has 0 nitrogen and oxygen atoms in total. The first-order valence-electron chi connectivity index (χ1n) is 7.72. The number of hydrogen-bond acceptors (Lipinski definition) is 0. The quantitative estimate of drug-likeness (QED) is 0.390. The molecule has 0 saturated carbocycles. The third-order valence-electron chi connectivity index (χ3n) is 3.02.